The summed E-state index contributed by atoms with van der Waals surface area (Å²) in [5.74, 6) is 0.567. The lowest BCUT2D eigenvalue weighted by molar-refractivity contribution is -0.134. The van der Waals surface area contributed by atoms with E-state index in [2.05, 4.69) is 10.4 Å². The van der Waals surface area contributed by atoms with E-state index < -0.39 is 6.04 Å². The van der Waals surface area contributed by atoms with Crippen molar-refractivity contribution in [2.45, 2.75) is 24.9 Å². The summed E-state index contributed by atoms with van der Waals surface area (Å²) in [6.45, 7) is 0.685. The van der Waals surface area contributed by atoms with Crippen molar-refractivity contribution < 1.29 is 19.4 Å². The molecular weight excluding hydrogens is 362 g/mol. The molecule has 3 rings (SSSR count). The first kappa shape index (κ1) is 19.8. The minimum atomic E-state index is -0.878. The molecule has 0 saturated carbocycles. The molecule has 9 heteroatoms. The van der Waals surface area contributed by atoms with E-state index in [4.69, 9.17) is 15.6 Å². The van der Waals surface area contributed by atoms with Crippen LogP contribution in [0.2, 0.25) is 0 Å². The van der Waals surface area contributed by atoms with Gasteiger partial charge in [0.15, 0.2) is 0 Å². The number of likely N-dealkylation sites (tertiary alicyclic amines) is 1. The number of para-hydroxylation sites is 1. The zero-order valence-electron chi connectivity index (χ0n) is 15.7. The van der Waals surface area contributed by atoms with Crippen molar-refractivity contribution in [3.63, 3.8) is 0 Å². The zero-order valence-corrected chi connectivity index (χ0v) is 15.7. The Bertz CT molecular complexity index is 829. The molecule has 1 aromatic heterocycles. The summed E-state index contributed by atoms with van der Waals surface area (Å²) in [7, 11) is 1.52. The van der Waals surface area contributed by atoms with Gasteiger partial charge in [-0.2, -0.15) is 5.10 Å². The number of hydrogen-bond donors (Lipinski definition) is 3. The molecule has 0 radical (unpaired) electrons. The van der Waals surface area contributed by atoms with Gasteiger partial charge in [-0.05, 0) is 25.0 Å². The number of benzene rings is 1. The lowest BCUT2D eigenvalue weighted by Crippen LogP contribution is -2.48. The van der Waals surface area contributed by atoms with Crippen LogP contribution in [0.5, 0.6) is 5.75 Å². The Hall–Kier alpha value is -2.91. The van der Waals surface area contributed by atoms with E-state index in [1.165, 1.54) is 7.11 Å². The molecule has 0 bridgehead atoms. The molecule has 1 fully saturated rings. The van der Waals surface area contributed by atoms with Crippen molar-refractivity contribution in [3.8, 4) is 5.75 Å². The molecule has 1 saturated heterocycles. The topological polar surface area (TPSA) is 123 Å². The number of aliphatic hydroxyl groups excluding tert-OH is 1. The van der Waals surface area contributed by atoms with Crippen LogP contribution in [0.4, 0.5) is 5.82 Å². The second-order valence-corrected chi connectivity index (χ2v) is 6.66. The summed E-state index contributed by atoms with van der Waals surface area (Å²) in [6.07, 6.45) is 3.00. The molecule has 0 aliphatic carbocycles. The molecule has 150 valence electrons. The van der Waals surface area contributed by atoms with Gasteiger partial charge in [-0.15, -0.1) is 0 Å². The number of carbonyl (C=O) groups excluding carboxylic acids is 2. The van der Waals surface area contributed by atoms with Gasteiger partial charge in [0.1, 0.15) is 17.6 Å². The van der Waals surface area contributed by atoms with Gasteiger partial charge in [0.2, 0.25) is 5.91 Å². The molecule has 0 unspecified atom stereocenters. The highest BCUT2D eigenvalue weighted by atomic mass is 16.5. The molecule has 1 aromatic carbocycles. The summed E-state index contributed by atoms with van der Waals surface area (Å²) in [5.41, 5.74) is 6.06. The number of methoxy groups -OCH3 is 1. The molecule has 2 amide bonds. The minimum absolute atomic E-state index is 0.0531. The second kappa shape index (κ2) is 8.85. The van der Waals surface area contributed by atoms with Gasteiger partial charge >= 0.3 is 0 Å². The Balaban J connectivity index is 1.66. The number of carbonyl (C=O) groups is 2. The van der Waals surface area contributed by atoms with Gasteiger partial charge in [0, 0.05) is 19.2 Å². The standard InChI is InChI=1S/C19H25N5O4/c1-28-16-5-3-2-4-14(16)18(26)22-17-6-9-21-24(17)13-7-10-23(11-8-13)19(27)15(20)12-25/h2-6,9,13,15,25H,7-8,10-12,20H2,1H3,(H,22,26)/t15-/m0/s1. The number of nitrogens with one attached hydrogen (secondary N) is 1. The van der Waals surface area contributed by atoms with E-state index in [9.17, 15) is 9.59 Å². The third-order valence-corrected chi connectivity index (χ3v) is 4.90. The van der Waals surface area contributed by atoms with Crippen molar-refractivity contribution in [2.75, 3.05) is 32.1 Å². The minimum Gasteiger partial charge on any atom is -0.496 e. The smallest absolute Gasteiger partial charge is 0.260 e. The molecule has 9 nitrogen and oxygen atoms in total. The van der Waals surface area contributed by atoms with Crippen LogP contribution in [0.25, 0.3) is 0 Å². The molecule has 0 spiro atoms. The van der Waals surface area contributed by atoms with Crippen molar-refractivity contribution in [3.05, 3.63) is 42.1 Å². The molecular formula is C19H25N5O4. The van der Waals surface area contributed by atoms with Crippen LogP contribution in [0, 0.1) is 0 Å². The van der Waals surface area contributed by atoms with Gasteiger partial charge in [0.25, 0.3) is 5.91 Å². The van der Waals surface area contributed by atoms with E-state index in [1.54, 1.807) is 46.1 Å². The maximum Gasteiger partial charge on any atom is 0.260 e. The van der Waals surface area contributed by atoms with Crippen LogP contribution >= 0.6 is 0 Å². The Morgan fingerprint density at radius 1 is 1.32 bits per heavy atom. The molecule has 1 atom stereocenters. The molecule has 1 aliphatic heterocycles. The van der Waals surface area contributed by atoms with Gasteiger partial charge in [0.05, 0.1) is 31.5 Å². The van der Waals surface area contributed by atoms with Crippen LogP contribution < -0.4 is 15.8 Å². The predicted octanol–water partition coefficient (Wildman–Crippen LogP) is 0.627. The third kappa shape index (κ3) is 4.15. The second-order valence-electron chi connectivity index (χ2n) is 6.66. The Morgan fingerprint density at radius 2 is 2.04 bits per heavy atom. The molecule has 1 aliphatic rings. The van der Waals surface area contributed by atoms with E-state index in [-0.39, 0.29) is 24.5 Å². The van der Waals surface area contributed by atoms with Crippen LogP contribution in [0.15, 0.2) is 36.5 Å². The van der Waals surface area contributed by atoms with E-state index in [0.717, 1.165) is 0 Å². The average molecular weight is 387 g/mol. The third-order valence-electron chi connectivity index (χ3n) is 4.90. The number of piperidine rings is 1. The number of ether oxygens (including phenoxy) is 1. The molecule has 28 heavy (non-hydrogen) atoms. The van der Waals surface area contributed by atoms with Gasteiger partial charge in [-0.3, -0.25) is 9.59 Å². The Kier molecular flexibility index (Phi) is 6.27. The molecule has 2 heterocycles. The lowest BCUT2D eigenvalue weighted by atomic mass is 10.0. The lowest BCUT2D eigenvalue weighted by Gasteiger charge is -2.33. The normalized spacial score (nSPS) is 15.9. The highest BCUT2D eigenvalue weighted by molar-refractivity contribution is 6.05. The summed E-state index contributed by atoms with van der Waals surface area (Å²) >= 11 is 0. The van der Waals surface area contributed by atoms with Gasteiger partial charge < -0.3 is 25.8 Å². The number of amides is 2. The van der Waals surface area contributed by atoms with Crippen molar-refractivity contribution in [1.82, 2.24) is 14.7 Å². The maximum absolute atomic E-state index is 12.7. The van der Waals surface area contributed by atoms with Crippen LogP contribution in [-0.2, 0) is 4.79 Å². The number of aliphatic hydroxyl groups is 1. The van der Waals surface area contributed by atoms with Crippen molar-refractivity contribution >= 4 is 17.6 Å². The monoisotopic (exact) mass is 387 g/mol. The van der Waals surface area contributed by atoms with Crippen LogP contribution in [0.3, 0.4) is 0 Å². The van der Waals surface area contributed by atoms with E-state index in [1.807, 2.05) is 0 Å². The first-order chi connectivity index (χ1) is 13.5. The fourth-order valence-corrected chi connectivity index (χ4v) is 3.36. The molecule has 2 aromatic rings. The Labute approximate surface area is 163 Å². The Morgan fingerprint density at radius 3 is 2.71 bits per heavy atom. The van der Waals surface area contributed by atoms with Crippen LogP contribution in [0.1, 0.15) is 29.2 Å². The highest BCUT2D eigenvalue weighted by Gasteiger charge is 2.28. The summed E-state index contributed by atoms with van der Waals surface area (Å²) in [6, 6.07) is 7.93. The number of hydrogen-bond acceptors (Lipinski definition) is 6. The summed E-state index contributed by atoms with van der Waals surface area (Å²) in [5, 5.41) is 16.3. The summed E-state index contributed by atoms with van der Waals surface area (Å²) < 4.78 is 7.03. The average Bonchev–Trinajstić information content (AvgIpc) is 3.20. The number of anilines is 1. The van der Waals surface area contributed by atoms with Gasteiger partial charge in [-0.25, -0.2) is 4.68 Å². The van der Waals surface area contributed by atoms with Crippen molar-refractivity contribution in [2.24, 2.45) is 5.73 Å². The predicted molar refractivity (Wildman–Crippen MR) is 103 cm³/mol. The van der Waals surface area contributed by atoms with E-state index in [0.29, 0.717) is 43.1 Å². The number of aromatic nitrogens is 2. The first-order valence-corrected chi connectivity index (χ1v) is 9.18. The zero-order chi connectivity index (χ0) is 20.1. The number of nitrogens with two attached hydrogens (primary N) is 1. The fourth-order valence-electron chi connectivity index (χ4n) is 3.36. The van der Waals surface area contributed by atoms with E-state index >= 15 is 0 Å². The molecule has 4 N–H and O–H groups in total. The van der Waals surface area contributed by atoms with Gasteiger partial charge in [-0.1, -0.05) is 12.1 Å². The number of rotatable bonds is 6. The van der Waals surface area contributed by atoms with Crippen molar-refractivity contribution in [1.29, 1.82) is 0 Å². The quantitative estimate of drug-likeness (QED) is 0.668. The maximum atomic E-state index is 12.7. The van der Waals surface area contributed by atoms with Crippen LogP contribution in [-0.4, -0.2) is 64.4 Å². The fraction of sp³-hybridized carbons (Fsp3) is 0.421. The largest absolute Gasteiger partial charge is 0.496 e. The summed E-state index contributed by atoms with van der Waals surface area (Å²) in [4.78, 5) is 26.4. The highest BCUT2D eigenvalue weighted by Crippen LogP contribution is 2.26. The first-order valence-electron chi connectivity index (χ1n) is 9.18. The number of nitrogens with zero attached hydrogens (tertiary/aromatic N) is 3. The SMILES string of the molecule is COc1ccccc1C(=O)Nc1ccnn1C1CCN(C(=O)[C@@H](N)CO)CC1.